The van der Waals surface area contributed by atoms with Crippen LogP contribution >= 0.6 is 0 Å². The Kier molecular flexibility index (Phi) is 3.44. The Morgan fingerprint density at radius 3 is 2.65 bits per heavy atom. The highest BCUT2D eigenvalue weighted by atomic mass is 16.5. The van der Waals surface area contributed by atoms with Crippen molar-refractivity contribution in [3.8, 4) is 0 Å². The van der Waals surface area contributed by atoms with Gasteiger partial charge < -0.3 is 14.6 Å². The fourth-order valence-corrected chi connectivity index (χ4v) is 4.19. The lowest BCUT2D eigenvalue weighted by Gasteiger charge is -2.42. The van der Waals surface area contributed by atoms with Crippen molar-refractivity contribution in [1.82, 2.24) is 4.57 Å². The van der Waals surface area contributed by atoms with E-state index in [4.69, 9.17) is 9.47 Å². The average Bonchev–Trinajstić information content (AvgIpc) is 3.06. The van der Waals surface area contributed by atoms with Crippen LogP contribution in [-0.4, -0.2) is 41.7 Å². The van der Waals surface area contributed by atoms with E-state index in [0.29, 0.717) is 11.2 Å². The number of aromatic nitrogens is 1. The second kappa shape index (κ2) is 5.45. The summed E-state index contributed by atoms with van der Waals surface area (Å²) in [5, 5.41) is 11.7. The van der Waals surface area contributed by atoms with Crippen molar-refractivity contribution in [2.24, 2.45) is 5.92 Å². The topological polar surface area (TPSA) is 94.8 Å². The molecule has 2 aliphatic rings. The molecule has 0 radical (unpaired) electrons. The lowest BCUT2D eigenvalue weighted by Crippen LogP contribution is -2.52. The van der Waals surface area contributed by atoms with Gasteiger partial charge in [0.1, 0.15) is 5.76 Å². The van der Waals surface area contributed by atoms with Gasteiger partial charge >= 0.3 is 11.9 Å². The second-order valence-corrected chi connectivity index (χ2v) is 6.58. The Balaban J connectivity index is 2.11. The van der Waals surface area contributed by atoms with E-state index in [1.807, 2.05) is 12.1 Å². The van der Waals surface area contributed by atoms with Crippen LogP contribution in [0.2, 0.25) is 0 Å². The van der Waals surface area contributed by atoms with E-state index in [-0.39, 0.29) is 24.3 Å². The lowest BCUT2D eigenvalue weighted by molar-refractivity contribution is -0.149. The van der Waals surface area contributed by atoms with Crippen molar-refractivity contribution in [2.75, 3.05) is 14.2 Å². The second-order valence-electron chi connectivity index (χ2n) is 6.58. The molecule has 1 aromatic heterocycles. The third kappa shape index (κ3) is 1.85. The molecule has 0 fully saturated rings. The van der Waals surface area contributed by atoms with E-state index >= 15 is 0 Å². The van der Waals surface area contributed by atoms with Crippen LogP contribution in [0.1, 0.15) is 23.3 Å². The van der Waals surface area contributed by atoms with E-state index in [9.17, 15) is 19.5 Å². The minimum Gasteiger partial charge on any atom is -0.510 e. The monoisotopic (exact) mass is 355 g/mol. The standard InChI is InChI=1S/C19H17NO6/c1-25-17(23)12-7-11-9-19(15(12)21,18(24)26-2)14-8-10-5-3-4-6-13(10)20(14)16(11)22/h3-6,8,11,21H,7,9H2,1-2H3/t11-,19-/m1/s1. The summed E-state index contributed by atoms with van der Waals surface area (Å²) < 4.78 is 11.2. The van der Waals surface area contributed by atoms with Crippen molar-refractivity contribution in [3.05, 3.63) is 47.4 Å². The molecule has 0 unspecified atom stereocenters. The Morgan fingerprint density at radius 1 is 1.23 bits per heavy atom. The van der Waals surface area contributed by atoms with Crippen molar-refractivity contribution in [1.29, 1.82) is 0 Å². The average molecular weight is 355 g/mol. The van der Waals surface area contributed by atoms with E-state index in [2.05, 4.69) is 0 Å². The molecule has 4 rings (SSSR count). The number of carbonyl (C=O) groups is 3. The van der Waals surface area contributed by atoms with Crippen LogP contribution in [0.3, 0.4) is 0 Å². The van der Waals surface area contributed by atoms with Gasteiger partial charge in [0.2, 0.25) is 5.91 Å². The number of esters is 2. The molecule has 7 heteroatoms. The molecule has 2 aromatic rings. The third-order valence-corrected chi connectivity index (χ3v) is 5.38. The Morgan fingerprint density at radius 2 is 1.96 bits per heavy atom. The first-order valence-corrected chi connectivity index (χ1v) is 8.20. The summed E-state index contributed by atoms with van der Waals surface area (Å²) in [6.07, 6.45) is 0.0726. The number of aliphatic hydroxyl groups is 1. The summed E-state index contributed by atoms with van der Waals surface area (Å²) in [4.78, 5) is 38.0. The maximum Gasteiger partial charge on any atom is 0.337 e. The Labute approximate surface area is 148 Å². The number of rotatable bonds is 2. The van der Waals surface area contributed by atoms with E-state index in [1.165, 1.54) is 18.8 Å². The smallest absolute Gasteiger partial charge is 0.337 e. The van der Waals surface area contributed by atoms with Gasteiger partial charge in [-0.3, -0.25) is 14.2 Å². The highest BCUT2D eigenvalue weighted by molar-refractivity contribution is 6.04. The Hall–Kier alpha value is -3.09. The number of carbonyl (C=O) groups excluding carboxylic acids is 3. The van der Waals surface area contributed by atoms with Crippen molar-refractivity contribution in [3.63, 3.8) is 0 Å². The van der Waals surface area contributed by atoms with Gasteiger partial charge in [-0.05, 0) is 25.0 Å². The number of hydrogen-bond acceptors (Lipinski definition) is 6. The molecule has 2 heterocycles. The summed E-state index contributed by atoms with van der Waals surface area (Å²) in [6, 6.07) is 8.92. The minimum atomic E-state index is -1.60. The molecule has 2 bridgehead atoms. The van der Waals surface area contributed by atoms with Crippen LogP contribution in [-0.2, 0) is 24.5 Å². The molecule has 0 saturated carbocycles. The van der Waals surface area contributed by atoms with Gasteiger partial charge in [0, 0.05) is 11.3 Å². The SMILES string of the molecule is COC(=O)C1=C(O)[C@@]2(C(=O)OC)C[C@@H](C1)C(=O)n1c2cc2ccccc21. The van der Waals surface area contributed by atoms with Gasteiger partial charge in [-0.1, -0.05) is 18.2 Å². The zero-order valence-corrected chi connectivity index (χ0v) is 14.3. The van der Waals surface area contributed by atoms with Crippen molar-refractivity contribution in [2.45, 2.75) is 18.3 Å². The normalized spacial score (nSPS) is 24.4. The predicted molar refractivity (Wildman–Crippen MR) is 90.7 cm³/mol. The number of hydrogen-bond donors (Lipinski definition) is 1. The van der Waals surface area contributed by atoms with E-state index in [0.717, 1.165) is 5.39 Å². The highest BCUT2D eigenvalue weighted by Crippen LogP contribution is 2.51. The molecule has 0 amide bonds. The zero-order valence-electron chi connectivity index (χ0n) is 14.3. The molecular weight excluding hydrogens is 338 g/mol. The highest BCUT2D eigenvalue weighted by Gasteiger charge is 2.59. The number of benzene rings is 1. The molecule has 2 atom stereocenters. The summed E-state index contributed by atoms with van der Waals surface area (Å²) >= 11 is 0. The summed E-state index contributed by atoms with van der Waals surface area (Å²) in [5.74, 6) is -2.71. The third-order valence-electron chi connectivity index (χ3n) is 5.38. The number of aliphatic hydroxyl groups excluding tert-OH is 1. The molecule has 0 spiro atoms. The molecule has 1 aromatic carbocycles. The number of ether oxygens (including phenoxy) is 2. The molecule has 26 heavy (non-hydrogen) atoms. The fraction of sp³-hybridized carbons (Fsp3) is 0.316. The zero-order chi connectivity index (χ0) is 18.6. The number of nitrogens with zero attached hydrogens (tertiary/aromatic N) is 1. The van der Waals surface area contributed by atoms with Crippen LogP contribution < -0.4 is 0 Å². The molecule has 1 aliphatic heterocycles. The van der Waals surface area contributed by atoms with Gasteiger partial charge in [-0.15, -0.1) is 0 Å². The minimum absolute atomic E-state index is 0.0159. The molecule has 134 valence electrons. The quantitative estimate of drug-likeness (QED) is 0.829. The van der Waals surface area contributed by atoms with Crippen LogP contribution in [0.4, 0.5) is 0 Å². The number of fused-ring (bicyclic) bond motifs is 6. The van der Waals surface area contributed by atoms with Crippen LogP contribution in [0.15, 0.2) is 41.7 Å². The maximum atomic E-state index is 13.1. The number of para-hydroxylation sites is 1. The van der Waals surface area contributed by atoms with Crippen LogP contribution in [0.25, 0.3) is 10.9 Å². The van der Waals surface area contributed by atoms with Gasteiger partial charge in [-0.2, -0.15) is 0 Å². The number of methoxy groups -OCH3 is 2. The molecule has 1 aliphatic carbocycles. The molecule has 0 saturated heterocycles. The largest absolute Gasteiger partial charge is 0.510 e. The van der Waals surface area contributed by atoms with Gasteiger partial charge in [0.05, 0.1) is 31.0 Å². The summed E-state index contributed by atoms with van der Waals surface area (Å²) in [6.45, 7) is 0. The maximum absolute atomic E-state index is 13.1. The fourth-order valence-electron chi connectivity index (χ4n) is 4.19. The van der Waals surface area contributed by atoms with Crippen molar-refractivity contribution < 1.29 is 29.0 Å². The van der Waals surface area contributed by atoms with Gasteiger partial charge in [0.25, 0.3) is 0 Å². The van der Waals surface area contributed by atoms with Crippen molar-refractivity contribution >= 4 is 28.7 Å². The van der Waals surface area contributed by atoms with E-state index < -0.39 is 29.0 Å². The van der Waals surface area contributed by atoms with Gasteiger partial charge in [-0.25, -0.2) is 4.79 Å². The molecule has 7 nitrogen and oxygen atoms in total. The predicted octanol–water partition coefficient (Wildman–Crippen LogP) is 2.10. The first-order chi connectivity index (χ1) is 12.5. The van der Waals surface area contributed by atoms with E-state index in [1.54, 1.807) is 18.2 Å². The lowest BCUT2D eigenvalue weighted by atomic mass is 9.65. The first-order valence-electron chi connectivity index (χ1n) is 8.20. The first kappa shape index (κ1) is 16.4. The summed E-state index contributed by atoms with van der Waals surface area (Å²) in [5.41, 5.74) is -0.696. The molecular formula is C19H17NO6. The molecule has 1 N–H and O–H groups in total. The van der Waals surface area contributed by atoms with Crippen LogP contribution in [0.5, 0.6) is 0 Å². The van der Waals surface area contributed by atoms with Gasteiger partial charge in [0.15, 0.2) is 5.41 Å². The van der Waals surface area contributed by atoms with Crippen LogP contribution in [0, 0.1) is 5.92 Å². The summed E-state index contributed by atoms with van der Waals surface area (Å²) in [7, 11) is 2.41. The Bertz CT molecular complexity index is 1000.